The summed E-state index contributed by atoms with van der Waals surface area (Å²) >= 11 is 11.9. The van der Waals surface area contributed by atoms with E-state index in [0.717, 1.165) is 0 Å². The van der Waals surface area contributed by atoms with E-state index < -0.39 is 0 Å². The topological polar surface area (TPSA) is 58.4 Å². The SMILES string of the molecule is C#CN(C)Cc1nc2c(O)c(Cl)cc(Cl)c2c(=O)n1CC. The molecule has 0 fully saturated rings. The molecule has 0 spiro atoms. The zero-order chi connectivity index (χ0) is 15.7. The third-order valence-electron chi connectivity index (χ3n) is 3.11. The number of benzene rings is 1. The van der Waals surface area contributed by atoms with Crippen LogP contribution in [0.4, 0.5) is 0 Å². The van der Waals surface area contributed by atoms with Crippen LogP contribution in [0.1, 0.15) is 12.7 Å². The van der Waals surface area contributed by atoms with E-state index in [1.54, 1.807) is 11.9 Å². The molecule has 1 heterocycles. The minimum absolute atomic E-state index is 0.0462. The summed E-state index contributed by atoms with van der Waals surface area (Å²) in [5, 5.41) is 10.4. The fourth-order valence-electron chi connectivity index (χ4n) is 2.05. The van der Waals surface area contributed by atoms with E-state index in [-0.39, 0.29) is 38.8 Å². The minimum atomic E-state index is -0.333. The molecule has 0 atom stereocenters. The van der Waals surface area contributed by atoms with Gasteiger partial charge in [0.05, 0.1) is 22.0 Å². The molecule has 1 aromatic carbocycles. The summed E-state index contributed by atoms with van der Waals surface area (Å²) < 4.78 is 1.47. The zero-order valence-corrected chi connectivity index (χ0v) is 13.0. The molecule has 0 amide bonds. The summed E-state index contributed by atoms with van der Waals surface area (Å²) in [7, 11) is 1.70. The van der Waals surface area contributed by atoms with Crippen molar-refractivity contribution >= 4 is 34.1 Å². The number of terminal acetylenes is 1. The first-order valence-electron chi connectivity index (χ1n) is 6.18. The molecule has 21 heavy (non-hydrogen) atoms. The molecule has 0 saturated heterocycles. The Balaban J connectivity index is 2.86. The van der Waals surface area contributed by atoms with E-state index >= 15 is 0 Å². The Morgan fingerprint density at radius 3 is 2.71 bits per heavy atom. The number of halogens is 2. The van der Waals surface area contributed by atoms with Crippen LogP contribution >= 0.6 is 23.2 Å². The maximum Gasteiger partial charge on any atom is 0.263 e. The smallest absolute Gasteiger partial charge is 0.263 e. The summed E-state index contributed by atoms with van der Waals surface area (Å²) in [6.07, 6.45) is 5.31. The van der Waals surface area contributed by atoms with Crippen molar-refractivity contribution in [1.29, 1.82) is 0 Å². The molecule has 7 heteroatoms. The van der Waals surface area contributed by atoms with Crippen molar-refractivity contribution in [2.45, 2.75) is 20.0 Å². The van der Waals surface area contributed by atoms with Crippen LogP contribution in [0.25, 0.3) is 10.9 Å². The summed E-state index contributed by atoms with van der Waals surface area (Å²) in [5.41, 5.74) is -0.248. The Morgan fingerprint density at radius 1 is 1.48 bits per heavy atom. The van der Waals surface area contributed by atoms with E-state index in [0.29, 0.717) is 12.4 Å². The highest BCUT2D eigenvalue weighted by molar-refractivity contribution is 6.39. The molecule has 0 radical (unpaired) electrons. The van der Waals surface area contributed by atoms with Gasteiger partial charge < -0.3 is 10.0 Å². The molecule has 5 nitrogen and oxygen atoms in total. The molecule has 110 valence electrons. The van der Waals surface area contributed by atoms with Gasteiger partial charge in [-0.15, -0.1) is 0 Å². The average molecular weight is 326 g/mol. The van der Waals surface area contributed by atoms with Crippen molar-refractivity contribution in [3.63, 3.8) is 0 Å². The number of aromatic nitrogens is 2. The maximum absolute atomic E-state index is 12.5. The number of nitrogens with zero attached hydrogens (tertiary/aromatic N) is 3. The van der Waals surface area contributed by atoms with Crippen LogP contribution in [-0.4, -0.2) is 26.6 Å². The van der Waals surface area contributed by atoms with Gasteiger partial charge >= 0.3 is 0 Å². The van der Waals surface area contributed by atoms with Crippen molar-refractivity contribution < 1.29 is 5.11 Å². The van der Waals surface area contributed by atoms with Crippen molar-refractivity contribution in [1.82, 2.24) is 14.5 Å². The zero-order valence-electron chi connectivity index (χ0n) is 11.5. The molecular formula is C14H13Cl2N3O2. The van der Waals surface area contributed by atoms with Crippen LogP contribution in [0.15, 0.2) is 10.9 Å². The van der Waals surface area contributed by atoms with Gasteiger partial charge in [-0.25, -0.2) is 4.98 Å². The Morgan fingerprint density at radius 2 is 2.14 bits per heavy atom. The van der Waals surface area contributed by atoms with Crippen LogP contribution in [-0.2, 0) is 13.1 Å². The van der Waals surface area contributed by atoms with Crippen LogP contribution in [0.3, 0.4) is 0 Å². The lowest BCUT2D eigenvalue weighted by atomic mass is 10.2. The van der Waals surface area contributed by atoms with E-state index in [1.807, 2.05) is 6.92 Å². The van der Waals surface area contributed by atoms with Crippen molar-refractivity contribution in [2.75, 3.05) is 7.05 Å². The second-order valence-corrected chi connectivity index (χ2v) is 5.29. The monoisotopic (exact) mass is 325 g/mol. The average Bonchev–Trinajstić information content (AvgIpc) is 2.44. The lowest BCUT2D eigenvalue weighted by molar-refractivity contribution is 0.440. The summed E-state index contributed by atoms with van der Waals surface area (Å²) in [4.78, 5) is 18.4. The van der Waals surface area contributed by atoms with E-state index in [9.17, 15) is 9.90 Å². The number of aromatic hydroxyl groups is 1. The van der Waals surface area contributed by atoms with Gasteiger partial charge in [0, 0.05) is 19.6 Å². The number of hydrogen-bond donors (Lipinski definition) is 1. The van der Waals surface area contributed by atoms with Crippen molar-refractivity contribution in [3.8, 4) is 18.2 Å². The molecule has 0 saturated carbocycles. The second-order valence-electron chi connectivity index (χ2n) is 4.48. The lowest BCUT2D eigenvalue weighted by Gasteiger charge is -2.16. The van der Waals surface area contributed by atoms with Gasteiger partial charge in [0.15, 0.2) is 5.75 Å². The molecule has 0 aliphatic rings. The Bertz CT molecular complexity index is 809. The highest BCUT2D eigenvalue weighted by atomic mass is 35.5. The normalized spacial score (nSPS) is 10.6. The van der Waals surface area contributed by atoms with Gasteiger partial charge in [-0.05, 0) is 13.0 Å². The maximum atomic E-state index is 12.5. The third-order valence-corrected chi connectivity index (χ3v) is 3.69. The Hall–Kier alpha value is -1.90. The molecule has 0 unspecified atom stereocenters. The van der Waals surface area contributed by atoms with Crippen LogP contribution in [0.5, 0.6) is 5.75 Å². The van der Waals surface area contributed by atoms with Crippen molar-refractivity contribution in [3.05, 3.63) is 32.3 Å². The highest BCUT2D eigenvalue weighted by Crippen LogP contribution is 2.34. The highest BCUT2D eigenvalue weighted by Gasteiger charge is 2.18. The first-order valence-corrected chi connectivity index (χ1v) is 6.94. The van der Waals surface area contributed by atoms with Crippen LogP contribution < -0.4 is 5.56 Å². The van der Waals surface area contributed by atoms with E-state index in [4.69, 9.17) is 29.6 Å². The fraction of sp³-hybridized carbons (Fsp3) is 0.286. The molecule has 1 N–H and O–H groups in total. The summed E-state index contributed by atoms with van der Waals surface area (Å²) in [5.74, 6) is 0.171. The van der Waals surface area contributed by atoms with Gasteiger partial charge in [-0.3, -0.25) is 9.36 Å². The third kappa shape index (κ3) is 2.65. The van der Waals surface area contributed by atoms with E-state index in [2.05, 4.69) is 11.0 Å². The lowest BCUT2D eigenvalue weighted by Crippen LogP contribution is -2.28. The van der Waals surface area contributed by atoms with Gasteiger partial charge in [0.1, 0.15) is 11.3 Å². The molecule has 2 rings (SSSR count). The molecule has 0 aliphatic carbocycles. The predicted octanol–water partition coefficient (Wildman–Crippen LogP) is 2.45. The summed E-state index contributed by atoms with van der Waals surface area (Å²) in [6.45, 7) is 2.49. The summed E-state index contributed by atoms with van der Waals surface area (Å²) in [6, 6.07) is 3.76. The first kappa shape index (κ1) is 15.5. The van der Waals surface area contributed by atoms with Gasteiger partial charge in [-0.1, -0.05) is 29.6 Å². The standard InChI is InChI=1S/C14H13Cl2N3O2/c1-4-18(3)7-10-17-12-11(14(21)19(10)5-2)8(15)6-9(16)13(12)20/h1,6,20H,5,7H2,2-3H3. The quantitative estimate of drug-likeness (QED) is 0.695. The Labute approximate surface area is 131 Å². The van der Waals surface area contributed by atoms with E-state index in [1.165, 1.54) is 10.6 Å². The van der Waals surface area contributed by atoms with Crippen LogP contribution in [0, 0.1) is 12.5 Å². The molecule has 0 aliphatic heterocycles. The number of hydrogen-bond acceptors (Lipinski definition) is 4. The largest absolute Gasteiger partial charge is 0.504 e. The predicted molar refractivity (Wildman–Crippen MR) is 83.7 cm³/mol. The van der Waals surface area contributed by atoms with Gasteiger partial charge in [0.25, 0.3) is 5.56 Å². The molecule has 0 bridgehead atoms. The number of phenolic OH excluding ortho intramolecular Hbond substituents is 1. The first-order chi connectivity index (χ1) is 9.90. The molecular weight excluding hydrogens is 313 g/mol. The minimum Gasteiger partial charge on any atom is -0.504 e. The Kier molecular flexibility index (Phi) is 4.31. The number of fused-ring (bicyclic) bond motifs is 1. The van der Waals surface area contributed by atoms with Gasteiger partial charge in [0.2, 0.25) is 0 Å². The fourth-order valence-corrected chi connectivity index (χ4v) is 2.59. The van der Waals surface area contributed by atoms with Crippen molar-refractivity contribution in [2.24, 2.45) is 0 Å². The second kappa shape index (κ2) is 5.84. The van der Waals surface area contributed by atoms with Gasteiger partial charge in [-0.2, -0.15) is 0 Å². The number of phenols is 1. The number of rotatable bonds is 3. The van der Waals surface area contributed by atoms with Crippen LogP contribution in [0.2, 0.25) is 10.0 Å². The molecule has 2 aromatic rings. The molecule has 1 aromatic heterocycles.